The molecule has 2 amide bonds. The van der Waals surface area contributed by atoms with E-state index in [-0.39, 0.29) is 29.0 Å². The highest BCUT2D eigenvalue weighted by atomic mass is 32.2. The lowest BCUT2D eigenvalue weighted by Crippen LogP contribution is -2.51. The minimum absolute atomic E-state index is 0.0275. The molecule has 0 aliphatic carbocycles. The Kier molecular flexibility index (Phi) is 7.09. The van der Waals surface area contributed by atoms with Crippen molar-refractivity contribution < 1.29 is 18.0 Å². The standard InChI is InChI=1S/C22H28N4O4S/c1-24(2)31(29,30)19-11-7-10-18(14-19)22(28)23-15-21(27)26-13-12-25(3)16-20(26)17-8-5-4-6-9-17/h4-11,14,20H,12-13,15-16H2,1-3H3,(H,23,28). The third-order valence-corrected chi connectivity index (χ3v) is 7.17. The predicted octanol–water partition coefficient (Wildman–Crippen LogP) is 1.18. The smallest absolute Gasteiger partial charge is 0.251 e. The lowest BCUT2D eigenvalue weighted by atomic mass is 10.0. The van der Waals surface area contributed by atoms with Crippen molar-refractivity contribution in [3.63, 3.8) is 0 Å². The quantitative estimate of drug-likeness (QED) is 0.723. The molecule has 1 aliphatic rings. The second kappa shape index (κ2) is 9.59. The van der Waals surface area contributed by atoms with Crippen molar-refractivity contribution in [2.24, 2.45) is 0 Å². The molecule has 2 aromatic rings. The molecule has 3 rings (SSSR count). The Morgan fingerprint density at radius 3 is 2.45 bits per heavy atom. The van der Waals surface area contributed by atoms with Crippen molar-refractivity contribution in [2.75, 3.05) is 47.3 Å². The van der Waals surface area contributed by atoms with Crippen LogP contribution >= 0.6 is 0 Å². The SMILES string of the molecule is CN1CCN(C(=O)CNC(=O)c2cccc(S(=O)(=O)N(C)C)c2)C(c2ccccc2)C1. The summed E-state index contributed by atoms with van der Waals surface area (Å²) in [6, 6.07) is 15.5. The molecule has 31 heavy (non-hydrogen) atoms. The van der Waals surface area contributed by atoms with Crippen molar-refractivity contribution in [2.45, 2.75) is 10.9 Å². The lowest BCUT2D eigenvalue weighted by molar-refractivity contribution is -0.135. The maximum Gasteiger partial charge on any atom is 0.251 e. The molecule has 1 atom stereocenters. The maximum absolute atomic E-state index is 12.9. The Morgan fingerprint density at radius 1 is 1.06 bits per heavy atom. The van der Waals surface area contributed by atoms with E-state index in [0.29, 0.717) is 13.1 Å². The van der Waals surface area contributed by atoms with Crippen LogP contribution in [0.1, 0.15) is 22.0 Å². The summed E-state index contributed by atoms with van der Waals surface area (Å²) in [5, 5.41) is 2.63. The van der Waals surface area contributed by atoms with Crippen LogP contribution in [0.5, 0.6) is 0 Å². The van der Waals surface area contributed by atoms with Gasteiger partial charge in [0.15, 0.2) is 0 Å². The molecule has 0 aromatic heterocycles. The number of hydrogen-bond donors (Lipinski definition) is 1. The Hall–Kier alpha value is -2.75. The van der Waals surface area contributed by atoms with Crippen molar-refractivity contribution >= 4 is 21.8 Å². The van der Waals surface area contributed by atoms with E-state index in [9.17, 15) is 18.0 Å². The highest BCUT2D eigenvalue weighted by molar-refractivity contribution is 7.89. The summed E-state index contributed by atoms with van der Waals surface area (Å²) in [4.78, 5) is 29.5. The largest absolute Gasteiger partial charge is 0.343 e. The van der Waals surface area contributed by atoms with Gasteiger partial charge in [0.2, 0.25) is 15.9 Å². The van der Waals surface area contributed by atoms with Crippen molar-refractivity contribution in [1.82, 2.24) is 19.4 Å². The van der Waals surface area contributed by atoms with Gasteiger partial charge in [0.05, 0.1) is 17.5 Å². The van der Waals surface area contributed by atoms with Crippen molar-refractivity contribution in [1.29, 1.82) is 0 Å². The normalized spacial score (nSPS) is 17.5. The predicted molar refractivity (Wildman–Crippen MR) is 118 cm³/mol. The molecule has 0 saturated carbocycles. The maximum atomic E-state index is 12.9. The van der Waals surface area contributed by atoms with E-state index in [1.54, 1.807) is 4.90 Å². The van der Waals surface area contributed by atoms with E-state index in [0.717, 1.165) is 16.4 Å². The van der Waals surface area contributed by atoms with Crippen LogP contribution in [-0.2, 0) is 14.8 Å². The molecular formula is C22H28N4O4S. The second-order valence-corrected chi connectivity index (χ2v) is 9.93. The van der Waals surface area contributed by atoms with E-state index in [4.69, 9.17) is 0 Å². The van der Waals surface area contributed by atoms with Gasteiger partial charge in [0.1, 0.15) is 0 Å². The van der Waals surface area contributed by atoms with Crippen molar-refractivity contribution in [3.05, 3.63) is 65.7 Å². The Bertz CT molecular complexity index is 1040. The topological polar surface area (TPSA) is 90.0 Å². The molecule has 8 nitrogen and oxygen atoms in total. The van der Waals surface area contributed by atoms with Gasteiger partial charge in [-0.15, -0.1) is 0 Å². The summed E-state index contributed by atoms with van der Waals surface area (Å²) in [6.07, 6.45) is 0. The van der Waals surface area contributed by atoms with Crippen LogP contribution in [-0.4, -0.2) is 81.7 Å². The van der Waals surface area contributed by atoms with Crippen LogP contribution in [0.3, 0.4) is 0 Å². The number of rotatable bonds is 6. The summed E-state index contributed by atoms with van der Waals surface area (Å²) < 4.78 is 25.7. The van der Waals surface area contributed by atoms with Gasteiger partial charge in [0.25, 0.3) is 5.91 Å². The van der Waals surface area contributed by atoms with E-state index in [1.807, 2.05) is 37.4 Å². The Morgan fingerprint density at radius 2 is 1.77 bits per heavy atom. The van der Waals surface area contributed by atoms with E-state index >= 15 is 0 Å². The molecule has 1 aliphatic heterocycles. The molecule has 1 heterocycles. The Balaban J connectivity index is 1.69. The molecule has 166 valence electrons. The number of piperazine rings is 1. The zero-order chi connectivity index (χ0) is 22.6. The third-order valence-electron chi connectivity index (χ3n) is 5.36. The summed E-state index contributed by atoms with van der Waals surface area (Å²) in [5.74, 6) is -0.665. The average Bonchev–Trinajstić information content (AvgIpc) is 2.77. The number of carbonyl (C=O) groups excluding carboxylic acids is 2. The number of amides is 2. The zero-order valence-electron chi connectivity index (χ0n) is 18.0. The van der Waals surface area contributed by atoms with E-state index in [1.165, 1.54) is 38.4 Å². The van der Waals surface area contributed by atoms with Gasteiger partial charge >= 0.3 is 0 Å². The van der Waals surface area contributed by atoms with Crippen LogP contribution < -0.4 is 5.32 Å². The first-order valence-electron chi connectivity index (χ1n) is 10.0. The zero-order valence-corrected chi connectivity index (χ0v) is 18.8. The van der Waals surface area contributed by atoms with Crippen LogP contribution in [0.15, 0.2) is 59.5 Å². The molecule has 0 spiro atoms. The highest BCUT2D eigenvalue weighted by Gasteiger charge is 2.30. The van der Waals surface area contributed by atoms with Gasteiger partial charge in [-0.05, 0) is 30.8 Å². The number of hydrogen-bond acceptors (Lipinski definition) is 5. The average molecular weight is 445 g/mol. The number of nitrogens with zero attached hydrogens (tertiary/aromatic N) is 3. The molecule has 1 fully saturated rings. The minimum Gasteiger partial charge on any atom is -0.343 e. The fourth-order valence-electron chi connectivity index (χ4n) is 3.55. The van der Waals surface area contributed by atoms with E-state index < -0.39 is 15.9 Å². The van der Waals surface area contributed by atoms with Gasteiger partial charge in [-0.2, -0.15) is 0 Å². The summed E-state index contributed by atoms with van der Waals surface area (Å²) >= 11 is 0. The molecule has 1 N–H and O–H groups in total. The summed E-state index contributed by atoms with van der Waals surface area (Å²) in [5.41, 5.74) is 1.24. The number of carbonyl (C=O) groups is 2. The van der Waals surface area contributed by atoms with Gasteiger partial charge in [0, 0.05) is 39.3 Å². The third kappa shape index (κ3) is 5.30. The number of likely N-dealkylation sites (N-methyl/N-ethyl adjacent to an activating group) is 1. The summed E-state index contributed by atoms with van der Waals surface area (Å²) in [7, 11) is 1.23. The number of benzene rings is 2. The molecular weight excluding hydrogens is 416 g/mol. The molecule has 1 unspecified atom stereocenters. The van der Waals surface area contributed by atoms with Gasteiger partial charge in [-0.25, -0.2) is 12.7 Å². The van der Waals surface area contributed by atoms with Crippen LogP contribution in [0.4, 0.5) is 0 Å². The van der Waals surface area contributed by atoms with Gasteiger partial charge in [-0.1, -0.05) is 36.4 Å². The Labute approximate surface area is 183 Å². The van der Waals surface area contributed by atoms with Gasteiger partial charge < -0.3 is 15.1 Å². The highest BCUT2D eigenvalue weighted by Crippen LogP contribution is 2.24. The minimum atomic E-state index is -3.65. The van der Waals surface area contributed by atoms with E-state index in [2.05, 4.69) is 10.2 Å². The van der Waals surface area contributed by atoms with Crippen LogP contribution in [0.2, 0.25) is 0 Å². The lowest BCUT2D eigenvalue weighted by Gasteiger charge is -2.40. The fraction of sp³-hybridized carbons (Fsp3) is 0.364. The summed E-state index contributed by atoms with van der Waals surface area (Å²) in [6.45, 7) is 1.89. The van der Waals surface area contributed by atoms with Crippen LogP contribution in [0.25, 0.3) is 0 Å². The second-order valence-electron chi connectivity index (χ2n) is 7.77. The van der Waals surface area contributed by atoms with Crippen LogP contribution in [0, 0.1) is 0 Å². The van der Waals surface area contributed by atoms with Gasteiger partial charge in [-0.3, -0.25) is 9.59 Å². The first-order chi connectivity index (χ1) is 14.7. The molecule has 0 bridgehead atoms. The fourth-order valence-corrected chi connectivity index (χ4v) is 4.49. The molecule has 1 saturated heterocycles. The first-order valence-corrected chi connectivity index (χ1v) is 11.5. The molecule has 9 heteroatoms. The number of sulfonamides is 1. The first kappa shape index (κ1) is 22.9. The van der Waals surface area contributed by atoms with Crippen molar-refractivity contribution in [3.8, 4) is 0 Å². The molecule has 2 aromatic carbocycles. The number of nitrogens with one attached hydrogen (secondary N) is 1. The molecule has 0 radical (unpaired) electrons. The monoisotopic (exact) mass is 444 g/mol.